The van der Waals surface area contributed by atoms with Crippen LogP contribution in [-0.2, 0) is 4.74 Å². The molecule has 0 aromatic carbocycles. The third-order valence-corrected chi connectivity index (χ3v) is 3.23. The van der Waals surface area contributed by atoms with Crippen LogP contribution in [0.5, 0.6) is 0 Å². The molecule has 0 aliphatic carbocycles. The topological polar surface area (TPSA) is 123 Å². The number of nitrogens with one attached hydrogen (secondary N) is 1. The summed E-state index contributed by atoms with van der Waals surface area (Å²) in [5, 5.41) is 36.1. The number of nitrogens with two attached hydrogens (primary N) is 1. The Morgan fingerprint density at radius 2 is 2.11 bits per heavy atom. The van der Waals surface area contributed by atoms with Crippen molar-refractivity contribution in [2.75, 3.05) is 6.61 Å². The molecule has 6 N–H and O–H groups in total. The summed E-state index contributed by atoms with van der Waals surface area (Å²) in [6, 6.07) is -0.670. The van der Waals surface area contributed by atoms with Gasteiger partial charge in [-0.05, 0) is 6.08 Å². The zero-order valence-electron chi connectivity index (χ0n) is 9.73. The van der Waals surface area contributed by atoms with Crippen molar-refractivity contribution in [3.8, 4) is 0 Å². The summed E-state index contributed by atoms with van der Waals surface area (Å²) in [4.78, 5) is 1.48. The second-order valence-corrected chi connectivity index (χ2v) is 4.38. The minimum atomic E-state index is -1.18. The van der Waals surface area contributed by atoms with Gasteiger partial charge >= 0.3 is 0 Å². The van der Waals surface area contributed by atoms with Gasteiger partial charge in [0.2, 0.25) is 0 Å². The maximum atomic E-state index is 9.88. The molecule has 0 spiro atoms. The van der Waals surface area contributed by atoms with Gasteiger partial charge in [0.15, 0.2) is 6.23 Å². The maximum absolute atomic E-state index is 9.88. The first-order valence-corrected chi connectivity index (χ1v) is 5.59. The average molecular weight is 255 g/mol. The fraction of sp³-hybridized carbons (Fsp3) is 0.545. The lowest BCUT2D eigenvalue weighted by Gasteiger charge is -2.35. The Labute approximate surface area is 104 Å². The predicted molar refractivity (Wildman–Crippen MR) is 63.6 cm³/mol. The summed E-state index contributed by atoms with van der Waals surface area (Å²) in [6.07, 6.45) is -1.05. The molecule has 18 heavy (non-hydrogen) atoms. The largest absolute Gasteiger partial charge is 0.394 e. The van der Waals surface area contributed by atoms with Gasteiger partial charge < -0.3 is 36.1 Å². The molecule has 1 saturated heterocycles. The SMILES string of the molecule is C=C1C(N)C(=N)C=CN1[C@@H]1O[C@H](CO)[C@H](O)C1O. The summed E-state index contributed by atoms with van der Waals surface area (Å²) in [5.74, 6) is 0. The second-order valence-electron chi connectivity index (χ2n) is 4.38. The lowest BCUT2D eigenvalue weighted by molar-refractivity contribution is -0.0699. The van der Waals surface area contributed by atoms with Crippen molar-refractivity contribution < 1.29 is 20.1 Å². The summed E-state index contributed by atoms with van der Waals surface area (Å²) >= 11 is 0. The monoisotopic (exact) mass is 255 g/mol. The van der Waals surface area contributed by atoms with Crippen LogP contribution >= 0.6 is 0 Å². The molecule has 2 heterocycles. The number of nitrogens with zero attached hydrogens (tertiary/aromatic N) is 1. The molecule has 2 rings (SSSR count). The molecule has 1 fully saturated rings. The molecule has 0 saturated carbocycles. The van der Waals surface area contributed by atoms with E-state index < -0.39 is 30.6 Å². The van der Waals surface area contributed by atoms with Gasteiger partial charge in [-0.2, -0.15) is 0 Å². The van der Waals surface area contributed by atoms with Crippen molar-refractivity contribution >= 4 is 5.71 Å². The van der Waals surface area contributed by atoms with Crippen LogP contribution in [0.1, 0.15) is 0 Å². The van der Waals surface area contributed by atoms with E-state index >= 15 is 0 Å². The Morgan fingerprint density at radius 3 is 2.67 bits per heavy atom. The van der Waals surface area contributed by atoms with Crippen LogP contribution in [-0.4, -0.2) is 63.1 Å². The second kappa shape index (κ2) is 4.79. The van der Waals surface area contributed by atoms with Gasteiger partial charge in [0, 0.05) is 11.9 Å². The zero-order chi connectivity index (χ0) is 13.4. The average Bonchev–Trinajstić information content (AvgIpc) is 2.64. The van der Waals surface area contributed by atoms with Crippen LogP contribution in [0.2, 0.25) is 0 Å². The number of ether oxygens (including phenoxy) is 1. The molecule has 2 aliphatic rings. The minimum Gasteiger partial charge on any atom is -0.394 e. The van der Waals surface area contributed by atoms with E-state index in [1.54, 1.807) is 0 Å². The third kappa shape index (κ3) is 1.96. The molecule has 2 unspecified atom stereocenters. The molecule has 7 nitrogen and oxygen atoms in total. The van der Waals surface area contributed by atoms with Crippen LogP contribution in [0.3, 0.4) is 0 Å². The molecule has 0 radical (unpaired) electrons. The Bertz CT molecular complexity index is 398. The third-order valence-electron chi connectivity index (χ3n) is 3.23. The van der Waals surface area contributed by atoms with Crippen molar-refractivity contribution in [2.45, 2.75) is 30.6 Å². The van der Waals surface area contributed by atoms with E-state index in [1.165, 1.54) is 17.2 Å². The van der Waals surface area contributed by atoms with Crippen molar-refractivity contribution in [1.82, 2.24) is 4.90 Å². The van der Waals surface area contributed by atoms with Gasteiger partial charge in [-0.3, -0.25) is 0 Å². The van der Waals surface area contributed by atoms with Crippen LogP contribution in [0.15, 0.2) is 24.6 Å². The van der Waals surface area contributed by atoms with Crippen molar-refractivity contribution in [3.63, 3.8) is 0 Å². The molecule has 7 heteroatoms. The number of hydrogen-bond acceptors (Lipinski definition) is 7. The number of aliphatic hydroxyl groups excluding tert-OH is 3. The van der Waals surface area contributed by atoms with Gasteiger partial charge in [0.05, 0.1) is 18.4 Å². The molecule has 0 aromatic rings. The molecule has 0 aromatic heterocycles. The Morgan fingerprint density at radius 1 is 1.44 bits per heavy atom. The van der Waals surface area contributed by atoms with Gasteiger partial charge in [0.1, 0.15) is 18.3 Å². The molecular formula is C11H17N3O4. The summed E-state index contributed by atoms with van der Waals surface area (Å²) in [7, 11) is 0. The highest BCUT2D eigenvalue weighted by atomic mass is 16.6. The van der Waals surface area contributed by atoms with E-state index in [-0.39, 0.29) is 12.3 Å². The predicted octanol–water partition coefficient (Wildman–Crippen LogP) is -1.88. The first-order chi connectivity index (χ1) is 8.47. The van der Waals surface area contributed by atoms with Crippen LogP contribution in [0.25, 0.3) is 0 Å². The number of rotatable bonds is 2. The normalized spacial score (nSPS) is 40.7. The highest BCUT2D eigenvalue weighted by molar-refractivity contribution is 5.99. The maximum Gasteiger partial charge on any atom is 0.163 e. The van der Waals surface area contributed by atoms with E-state index in [0.717, 1.165) is 0 Å². The van der Waals surface area contributed by atoms with Crippen molar-refractivity contribution in [3.05, 3.63) is 24.6 Å². The first-order valence-electron chi connectivity index (χ1n) is 5.59. The Balaban J connectivity index is 2.20. The molecule has 5 atom stereocenters. The smallest absolute Gasteiger partial charge is 0.163 e. The van der Waals surface area contributed by atoms with E-state index in [9.17, 15) is 10.2 Å². The van der Waals surface area contributed by atoms with Gasteiger partial charge in [0.25, 0.3) is 0 Å². The lowest BCUT2D eigenvalue weighted by Crippen LogP contribution is -2.48. The van der Waals surface area contributed by atoms with Crippen molar-refractivity contribution in [2.24, 2.45) is 5.73 Å². The molecule has 100 valence electrons. The molecule has 2 aliphatic heterocycles. The van der Waals surface area contributed by atoms with E-state index in [4.69, 9.17) is 21.0 Å². The Hall–Kier alpha value is -1.25. The standard InChI is InChI=1S/C11H17N3O4/c1-5-8(13)6(12)2-3-14(5)11-10(17)9(16)7(4-15)18-11/h2-3,7-12,15-17H,1,4,13H2/t7-,8?,9+,10?,11-/m1/s1. The fourth-order valence-corrected chi connectivity index (χ4v) is 2.06. The Kier molecular flexibility index (Phi) is 3.51. The summed E-state index contributed by atoms with van der Waals surface area (Å²) < 4.78 is 5.37. The fourth-order valence-electron chi connectivity index (χ4n) is 2.06. The molecule has 0 amide bonds. The van der Waals surface area contributed by atoms with E-state index in [1.807, 2.05) is 0 Å². The van der Waals surface area contributed by atoms with Gasteiger partial charge in [-0.15, -0.1) is 0 Å². The first kappa shape index (κ1) is 13.2. The summed E-state index contributed by atoms with van der Waals surface area (Å²) in [6.45, 7) is 3.37. The van der Waals surface area contributed by atoms with Gasteiger partial charge in [-0.1, -0.05) is 6.58 Å². The number of aliphatic hydroxyl groups is 3. The lowest BCUT2D eigenvalue weighted by atomic mass is 10.0. The van der Waals surface area contributed by atoms with Crippen LogP contribution < -0.4 is 5.73 Å². The summed E-state index contributed by atoms with van der Waals surface area (Å²) in [5.41, 5.74) is 6.37. The number of hydrogen-bond donors (Lipinski definition) is 5. The quantitative estimate of drug-likeness (QED) is 0.393. The highest BCUT2D eigenvalue weighted by Gasteiger charge is 2.46. The van der Waals surface area contributed by atoms with Crippen LogP contribution in [0.4, 0.5) is 0 Å². The van der Waals surface area contributed by atoms with Crippen molar-refractivity contribution in [1.29, 1.82) is 5.41 Å². The van der Waals surface area contributed by atoms with Gasteiger partial charge in [-0.25, -0.2) is 0 Å². The van der Waals surface area contributed by atoms with E-state index in [0.29, 0.717) is 5.70 Å². The van der Waals surface area contributed by atoms with Crippen LogP contribution in [0, 0.1) is 5.41 Å². The molecule has 0 bridgehead atoms. The molecular weight excluding hydrogens is 238 g/mol. The zero-order valence-corrected chi connectivity index (χ0v) is 9.73. The minimum absolute atomic E-state index is 0.211. The highest BCUT2D eigenvalue weighted by Crippen LogP contribution is 2.28. The van der Waals surface area contributed by atoms with E-state index in [2.05, 4.69) is 6.58 Å².